The van der Waals surface area contributed by atoms with Gasteiger partial charge in [0.1, 0.15) is 53.6 Å². The van der Waals surface area contributed by atoms with E-state index in [0.717, 1.165) is 32.1 Å². The Labute approximate surface area is 331 Å². The summed E-state index contributed by atoms with van der Waals surface area (Å²) >= 11 is 0. The molecule has 3 aliphatic heterocycles. The number of epoxide rings is 1. The number of carbonyl (C=O) groups is 3. The van der Waals surface area contributed by atoms with Crippen LogP contribution in [0.3, 0.4) is 0 Å². The third-order valence-electron chi connectivity index (χ3n) is 15.8. The molecular weight excluding hydrogens is 728 g/mol. The minimum atomic E-state index is -1.21. The lowest BCUT2D eigenvalue weighted by Crippen LogP contribution is -2.70. The molecule has 56 heavy (non-hydrogen) atoms. The highest BCUT2D eigenvalue weighted by Crippen LogP contribution is 2.81. The fourth-order valence-electron chi connectivity index (χ4n) is 12.7. The lowest BCUT2D eigenvalue weighted by atomic mass is 9.43. The van der Waals surface area contributed by atoms with Crippen LogP contribution in [0.4, 0.5) is 0 Å². The van der Waals surface area contributed by atoms with E-state index in [1.165, 1.54) is 14.0 Å². The highest BCUT2D eigenvalue weighted by atomic mass is 16.7. The van der Waals surface area contributed by atoms with Crippen LogP contribution in [0.25, 0.3) is 0 Å². The number of hydrogen-bond acceptors (Lipinski definition) is 14. The number of aliphatic hydroxyl groups is 2. The van der Waals surface area contributed by atoms with E-state index in [0.29, 0.717) is 25.7 Å². The monoisotopic (exact) mass is 794 g/mol. The van der Waals surface area contributed by atoms with Gasteiger partial charge >= 0.3 is 11.9 Å². The Kier molecular flexibility index (Phi) is 11.6. The maximum Gasteiger partial charge on any atom is 0.309 e. The minimum Gasteiger partial charge on any atom is -0.458 e. The number of rotatable bonds is 11. The Bertz CT molecular complexity index is 1490. The smallest absolute Gasteiger partial charge is 0.309 e. The standard InChI is InChI=1S/C42H66O14/c1-11-20(2)37(47)54-34-35-39(7)15-13-26(53-29-19-28(48-9)32(23(5)50-29)55-38-31(46)33(49-10)30(45)22(4)51-38)18-25(39)12-16-41(35)42(56-41)17-14-27(21(3)43)40(42,8)36(34)52-24(6)44/h20,22-23,25-36,38,45-46H,11-19H2,1-10H3/t20-,22-,23-,25+,26+,27+,28-,29+,30-,31-,32-,33-,34+,35-,36-,38+,39+,40+,41+,42-/m1/s1. The number of carbonyl (C=O) groups excluding carboxylic acids is 3. The molecule has 318 valence electrons. The van der Waals surface area contributed by atoms with Crippen molar-refractivity contribution < 1.29 is 67.2 Å². The zero-order valence-electron chi connectivity index (χ0n) is 34.9. The maximum absolute atomic E-state index is 13.7. The van der Waals surface area contributed by atoms with Crippen LogP contribution in [0, 0.1) is 34.5 Å². The van der Waals surface area contributed by atoms with Crippen molar-refractivity contribution in [3.63, 3.8) is 0 Å². The summed E-state index contributed by atoms with van der Waals surface area (Å²) in [6.07, 6.45) is -2.23. The van der Waals surface area contributed by atoms with Crippen LogP contribution in [0.15, 0.2) is 0 Å². The van der Waals surface area contributed by atoms with Crippen molar-refractivity contribution >= 4 is 17.7 Å². The molecule has 0 aromatic carbocycles. The summed E-state index contributed by atoms with van der Waals surface area (Å²) in [5, 5.41) is 21.3. The van der Waals surface area contributed by atoms with E-state index < -0.39 is 90.1 Å². The highest BCUT2D eigenvalue weighted by molar-refractivity contribution is 5.81. The summed E-state index contributed by atoms with van der Waals surface area (Å²) in [6.45, 7) is 14.7. The van der Waals surface area contributed by atoms with Crippen molar-refractivity contribution in [1.82, 2.24) is 0 Å². The number of esters is 2. The molecule has 4 saturated carbocycles. The number of fused-ring (bicyclic) bond motifs is 2. The van der Waals surface area contributed by atoms with E-state index in [-0.39, 0.29) is 46.9 Å². The number of ether oxygens (including phenoxy) is 9. The average Bonchev–Trinajstić information content (AvgIpc) is 3.70. The van der Waals surface area contributed by atoms with Gasteiger partial charge in [0, 0.05) is 44.8 Å². The number of methoxy groups -OCH3 is 2. The van der Waals surface area contributed by atoms with E-state index in [9.17, 15) is 24.6 Å². The van der Waals surface area contributed by atoms with Crippen LogP contribution in [0.2, 0.25) is 0 Å². The molecule has 2 spiro atoms. The van der Waals surface area contributed by atoms with Gasteiger partial charge in [0.25, 0.3) is 0 Å². The first-order valence-electron chi connectivity index (χ1n) is 21.0. The van der Waals surface area contributed by atoms with Crippen LogP contribution in [0.1, 0.15) is 113 Å². The first-order valence-corrected chi connectivity index (χ1v) is 21.0. The second kappa shape index (κ2) is 15.4. The van der Waals surface area contributed by atoms with Gasteiger partial charge in [-0.05, 0) is 83.5 Å². The Morgan fingerprint density at radius 3 is 2.21 bits per heavy atom. The van der Waals surface area contributed by atoms with Crippen molar-refractivity contribution in [2.75, 3.05) is 14.2 Å². The van der Waals surface area contributed by atoms with E-state index in [1.807, 2.05) is 27.7 Å². The molecule has 0 unspecified atom stereocenters. The predicted molar refractivity (Wildman–Crippen MR) is 198 cm³/mol. The third kappa shape index (κ3) is 6.42. The van der Waals surface area contributed by atoms with Crippen LogP contribution in [0.5, 0.6) is 0 Å². The van der Waals surface area contributed by atoms with Crippen molar-refractivity contribution in [3.8, 4) is 0 Å². The fraction of sp³-hybridized carbons (Fsp3) is 0.929. The van der Waals surface area contributed by atoms with Crippen LogP contribution >= 0.6 is 0 Å². The summed E-state index contributed by atoms with van der Waals surface area (Å²) in [5.74, 6) is -1.53. The topological polar surface area (TPSA) is 178 Å². The second-order valence-corrected chi connectivity index (χ2v) is 18.6. The molecule has 14 heteroatoms. The molecule has 7 rings (SSSR count). The van der Waals surface area contributed by atoms with Gasteiger partial charge in [-0.3, -0.25) is 14.4 Å². The zero-order chi connectivity index (χ0) is 40.7. The summed E-state index contributed by atoms with van der Waals surface area (Å²) in [6, 6.07) is 0. The van der Waals surface area contributed by atoms with Gasteiger partial charge in [-0.15, -0.1) is 0 Å². The van der Waals surface area contributed by atoms with E-state index in [1.54, 1.807) is 21.0 Å². The number of aliphatic hydroxyl groups excluding tert-OH is 2. The van der Waals surface area contributed by atoms with Gasteiger partial charge in [0.05, 0.1) is 30.3 Å². The molecule has 7 aliphatic rings. The lowest BCUT2D eigenvalue weighted by Gasteiger charge is -2.61. The fourth-order valence-corrected chi connectivity index (χ4v) is 12.7. The molecular formula is C42H66O14. The summed E-state index contributed by atoms with van der Waals surface area (Å²) in [7, 11) is 3.04. The minimum absolute atomic E-state index is 0.0390. The predicted octanol–water partition coefficient (Wildman–Crippen LogP) is 4.02. The van der Waals surface area contributed by atoms with Gasteiger partial charge in [-0.2, -0.15) is 0 Å². The number of ketones is 1. The second-order valence-electron chi connectivity index (χ2n) is 18.6. The Hall–Kier alpha value is -1.75. The van der Waals surface area contributed by atoms with Gasteiger partial charge < -0.3 is 52.8 Å². The molecule has 0 bridgehead atoms. The molecule has 0 aromatic rings. The van der Waals surface area contributed by atoms with Crippen molar-refractivity contribution in [2.45, 2.75) is 198 Å². The molecule has 2 N–H and O–H groups in total. The molecule has 0 aromatic heterocycles. The Morgan fingerprint density at radius 1 is 0.839 bits per heavy atom. The van der Waals surface area contributed by atoms with Crippen LogP contribution < -0.4 is 0 Å². The largest absolute Gasteiger partial charge is 0.458 e. The molecule has 0 amide bonds. The maximum atomic E-state index is 13.7. The van der Waals surface area contributed by atoms with Gasteiger partial charge in [-0.25, -0.2) is 0 Å². The molecule has 3 saturated heterocycles. The number of Topliss-reactive ketones (excluding diaryl/α,β-unsaturated/α-hetero) is 1. The summed E-state index contributed by atoms with van der Waals surface area (Å²) < 4.78 is 56.5. The molecule has 4 aliphatic carbocycles. The molecule has 7 fully saturated rings. The SMILES string of the molecule is CC[C@@H](C)C(=O)O[C@@H]1[C@@H](OC(C)=O)[C@]2(C)[C@H](C(C)=O)CC[C@@]23O[C@]32CC[C@H]3C[C@@H](O[C@H]4C[C@@H](OC)[C@H](O[C@@H]5O[C@H](C)[C@@H](O)[C@@H](OC)[C@H]5O)[C@@H](C)O4)CC[C@]3(C)[C@@H]12. The van der Waals surface area contributed by atoms with Crippen molar-refractivity contribution in [2.24, 2.45) is 34.5 Å². The van der Waals surface area contributed by atoms with E-state index in [2.05, 4.69) is 6.92 Å². The first kappa shape index (κ1) is 42.4. The van der Waals surface area contributed by atoms with Crippen LogP contribution in [-0.4, -0.2) is 127 Å². The molecule has 14 nitrogen and oxygen atoms in total. The average molecular weight is 795 g/mol. The summed E-state index contributed by atoms with van der Waals surface area (Å²) in [5.41, 5.74) is -2.43. The van der Waals surface area contributed by atoms with Crippen molar-refractivity contribution in [1.29, 1.82) is 0 Å². The molecule has 3 heterocycles. The quantitative estimate of drug-likeness (QED) is 0.174. The normalized spacial score (nSPS) is 51.4. The zero-order valence-corrected chi connectivity index (χ0v) is 34.9. The Balaban J connectivity index is 1.10. The first-order chi connectivity index (χ1) is 26.4. The van der Waals surface area contributed by atoms with Gasteiger partial charge in [0.15, 0.2) is 12.6 Å². The van der Waals surface area contributed by atoms with Gasteiger partial charge in [-0.1, -0.05) is 27.7 Å². The molecule has 0 radical (unpaired) electrons. The highest BCUT2D eigenvalue weighted by Gasteiger charge is 2.91. The Morgan fingerprint density at radius 2 is 1.57 bits per heavy atom. The number of hydrogen-bond donors (Lipinski definition) is 2. The third-order valence-corrected chi connectivity index (χ3v) is 15.8. The van der Waals surface area contributed by atoms with E-state index in [4.69, 9.17) is 42.6 Å². The van der Waals surface area contributed by atoms with Crippen molar-refractivity contribution in [3.05, 3.63) is 0 Å². The van der Waals surface area contributed by atoms with Crippen LogP contribution in [-0.2, 0) is 57.0 Å². The van der Waals surface area contributed by atoms with E-state index >= 15 is 0 Å². The molecule has 20 atom stereocenters. The lowest BCUT2D eigenvalue weighted by molar-refractivity contribution is -0.343. The van der Waals surface area contributed by atoms with Gasteiger partial charge in [0.2, 0.25) is 0 Å². The summed E-state index contributed by atoms with van der Waals surface area (Å²) in [4.78, 5) is 39.9.